The molecule has 1 unspecified atom stereocenters. The van der Waals surface area contributed by atoms with Crippen LogP contribution in [0, 0.1) is 0 Å². The second kappa shape index (κ2) is 7.52. The number of aromatic nitrogens is 4. The topological polar surface area (TPSA) is 74.0 Å². The van der Waals surface area contributed by atoms with E-state index in [4.69, 9.17) is 4.74 Å². The lowest BCUT2D eigenvalue weighted by Crippen LogP contribution is -2.36. The highest BCUT2D eigenvalue weighted by atomic mass is 79.9. The highest BCUT2D eigenvalue weighted by Crippen LogP contribution is 2.25. The molecule has 1 N–H and O–H groups in total. The summed E-state index contributed by atoms with van der Waals surface area (Å²) in [5, 5.41) is 11.4. The SMILES string of the molecule is CC(Oc1nn(-c2ccccc2)cc1Br)C(=O)NCc1ccn(C)n1. The molecule has 1 aromatic carbocycles. The highest BCUT2D eigenvalue weighted by molar-refractivity contribution is 9.10. The van der Waals surface area contributed by atoms with Gasteiger partial charge in [0.15, 0.2) is 6.10 Å². The molecule has 0 saturated carbocycles. The summed E-state index contributed by atoms with van der Waals surface area (Å²) in [6.07, 6.45) is 2.94. The maximum atomic E-state index is 12.2. The maximum absolute atomic E-state index is 12.2. The van der Waals surface area contributed by atoms with E-state index in [0.29, 0.717) is 16.9 Å². The van der Waals surface area contributed by atoms with E-state index in [0.717, 1.165) is 11.4 Å². The molecule has 8 heteroatoms. The molecule has 0 bridgehead atoms. The molecular formula is C17H18BrN5O2. The van der Waals surface area contributed by atoms with Crippen molar-refractivity contribution in [2.45, 2.75) is 19.6 Å². The summed E-state index contributed by atoms with van der Waals surface area (Å²) in [6, 6.07) is 11.5. The van der Waals surface area contributed by atoms with E-state index in [2.05, 4.69) is 31.4 Å². The van der Waals surface area contributed by atoms with Gasteiger partial charge in [0.2, 0.25) is 5.88 Å². The quantitative estimate of drug-likeness (QED) is 0.685. The van der Waals surface area contributed by atoms with Crippen molar-refractivity contribution in [3.63, 3.8) is 0 Å². The number of carbonyl (C=O) groups excluding carboxylic acids is 1. The lowest BCUT2D eigenvalue weighted by molar-refractivity contribution is -0.127. The van der Waals surface area contributed by atoms with Gasteiger partial charge >= 0.3 is 0 Å². The minimum atomic E-state index is -0.681. The summed E-state index contributed by atoms with van der Waals surface area (Å²) < 4.78 is 9.75. The van der Waals surface area contributed by atoms with Crippen LogP contribution in [0.15, 0.2) is 53.3 Å². The Kier molecular flexibility index (Phi) is 5.18. The first kappa shape index (κ1) is 17.2. The summed E-state index contributed by atoms with van der Waals surface area (Å²) >= 11 is 3.42. The van der Waals surface area contributed by atoms with Crippen LogP contribution in [-0.2, 0) is 18.4 Å². The molecule has 25 heavy (non-hydrogen) atoms. The number of halogens is 1. The number of nitrogens with zero attached hydrogens (tertiary/aromatic N) is 4. The second-order valence-corrected chi connectivity index (χ2v) is 6.38. The summed E-state index contributed by atoms with van der Waals surface area (Å²) in [7, 11) is 1.83. The predicted octanol–water partition coefficient (Wildman–Crippen LogP) is 2.45. The Morgan fingerprint density at radius 2 is 2.04 bits per heavy atom. The molecule has 1 atom stereocenters. The van der Waals surface area contributed by atoms with Crippen LogP contribution in [0.2, 0.25) is 0 Å². The molecule has 3 aromatic rings. The summed E-state index contributed by atoms with van der Waals surface area (Å²) in [5.41, 5.74) is 1.70. The Labute approximate surface area is 153 Å². The minimum absolute atomic E-state index is 0.230. The molecule has 2 heterocycles. The standard InChI is InChI=1S/C17H18BrN5O2/c1-12(16(24)19-10-13-8-9-22(2)20-13)25-17-15(18)11-23(21-17)14-6-4-3-5-7-14/h3-9,11-12H,10H2,1-2H3,(H,19,24). The van der Waals surface area contributed by atoms with E-state index in [1.165, 1.54) is 0 Å². The number of para-hydroxylation sites is 1. The molecule has 0 aliphatic heterocycles. The molecule has 0 fully saturated rings. The van der Waals surface area contributed by atoms with E-state index in [1.54, 1.807) is 22.5 Å². The van der Waals surface area contributed by atoms with E-state index in [-0.39, 0.29) is 5.91 Å². The number of hydrogen-bond donors (Lipinski definition) is 1. The molecule has 1 amide bonds. The molecule has 0 aliphatic rings. The van der Waals surface area contributed by atoms with Gasteiger partial charge in [0.1, 0.15) is 0 Å². The number of amides is 1. The van der Waals surface area contributed by atoms with Gasteiger partial charge in [0.05, 0.1) is 22.4 Å². The largest absolute Gasteiger partial charge is 0.463 e. The van der Waals surface area contributed by atoms with Gasteiger partial charge < -0.3 is 10.1 Å². The Bertz CT molecular complexity index is 859. The fourth-order valence-electron chi connectivity index (χ4n) is 2.23. The molecule has 3 rings (SSSR count). The molecule has 7 nitrogen and oxygen atoms in total. The number of nitrogens with one attached hydrogen (secondary N) is 1. The Morgan fingerprint density at radius 3 is 2.72 bits per heavy atom. The number of rotatable bonds is 6. The minimum Gasteiger partial charge on any atom is -0.463 e. The van der Waals surface area contributed by atoms with Gasteiger partial charge in [-0.3, -0.25) is 9.48 Å². The molecule has 0 radical (unpaired) electrons. The Hall–Kier alpha value is -2.61. The zero-order chi connectivity index (χ0) is 17.8. The van der Waals surface area contributed by atoms with E-state index in [1.807, 2.05) is 49.6 Å². The predicted molar refractivity (Wildman–Crippen MR) is 96.4 cm³/mol. The van der Waals surface area contributed by atoms with Crippen LogP contribution in [-0.4, -0.2) is 31.6 Å². The zero-order valence-electron chi connectivity index (χ0n) is 13.9. The average Bonchev–Trinajstić information content (AvgIpc) is 3.19. The van der Waals surface area contributed by atoms with Gasteiger partial charge in [-0.05, 0) is 41.1 Å². The smallest absolute Gasteiger partial charge is 0.261 e. The molecule has 2 aromatic heterocycles. The third kappa shape index (κ3) is 4.27. The monoisotopic (exact) mass is 403 g/mol. The first-order valence-corrected chi connectivity index (χ1v) is 8.55. The maximum Gasteiger partial charge on any atom is 0.261 e. The van der Waals surface area contributed by atoms with Crippen LogP contribution in [0.4, 0.5) is 0 Å². The normalized spacial score (nSPS) is 12.0. The van der Waals surface area contributed by atoms with Gasteiger partial charge in [-0.25, -0.2) is 4.68 Å². The van der Waals surface area contributed by atoms with Crippen molar-refractivity contribution in [3.05, 3.63) is 59.0 Å². The fourth-order valence-corrected chi connectivity index (χ4v) is 2.60. The molecule has 0 spiro atoms. The van der Waals surface area contributed by atoms with Crippen LogP contribution >= 0.6 is 15.9 Å². The number of aryl methyl sites for hydroxylation is 1. The van der Waals surface area contributed by atoms with Gasteiger partial charge in [-0.15, -0.1) is 5.10 Å². The van der Waals surface area contributed by atoms with Crippen molar-refractivity contribution in [1.29, 1.82) is 0 Å². The van der Waals surface area contributed by atoms with E-state index >= 15 is 0 Å². The molecule has 130 valence electrons. The average molecular weight is 404 g/mol. The van der Waals surface area contributed by atoms with Gasteiger partial charge in [-0.1, -0.05) is 18.2 Å². The molecule has 0 aliphatic carbocycles. The van der Waals surface area contributed by atoms with Crippen LogP contribution in [0.3, 0.4) is 0 Å². The second-order valence-electron chi connectivity index (χ2n) is 5.52. The van der Waals surface area contributed by atoms with Crippen LogP contribution < -0.4 is 10.1 Å². The zero-order valence-corrected chi connectivity index (χ0v) is 15.5. The summed E-state index contributed by atoms with van der Waals surface area (Å²) in [4.78, 5) is 12.2. The number of hydrogen-bond acceptors (Lipinski definition) is 4. The molecular weight excluding hydrogens is 386 g/mol. The fraction of sp³-hybridized carbons (Fsp3) is 0.235. The first-order chi connectivity index (χ1) is 12.0. The Morgan fingerprint density at radius 1 is 1.28 bits per heavy atom. The van der Waals surface area contributed by atoms with Crippen molar-refractivity contribution in [2.24, 2.45) is 7.05 Å². The van der Waals surface area contributed by atoms with E-state index in [9.17, 15) is 4.79 Å². The van der Waals surface area contributed by atoms with Crippen LogP contribution in [0.5, 0.6) is 5.88 Å². The van der Waals surface area contributed by atoms with Crippen molar-refractivity contribution in [3.8, 4) is 11.6 Å². The number of benzene rings is 1. The van der Waals surface area contributed by atoms with Crippen molar-refractivity contribution in [1.82, 2.24) is 24.9 Å². The Balaban J connectivity index is 1.61. The van der Waals surface area contributed by atoms with Crippen molar-refractivity contribution < 1.29 is 9.53 Å². The highest BCUT2D eigenvalue weighted by Gasteiger charge is 2.18. The van der Waals surface area contributed by atoms with Crippen molar-refractivity contribution >= 4 is 21.8 Å². The van der Waals surface area contributed by atoms with Gasteiger partial charge in [0.25, 0.3) is 5.91 Å². The summed E-state index contributed by atoms with van der Waals surface area (Å²) in [6.45, 7) is 2.04. The van der Waals surface area contributed by atoms with Gasteiger partial charge in [-0.2, -0.15) is 5.10 Å². The number of ether oxygens (including phenoxy) is 1. The third-order valence-electron chi connectivity index (χ3n) is 3.53. The molecule has 0 saturated heterocycles. The van der Waals surface area contributed by atoms with Crippen molar-refractivity contribution in [2.75, 3.05) is 0 Å². The van der Waals surface area contributed by atoms with Crippen LogP contribution in [0.1, 0.15) is 12.6 Å². The third-order valence-corrected chi connectivity index (χ3v) is 4.07. The lowest BCUT2D eigenvalue weighted by Gasteiger charge is -2.12. The number of carbonyl (C=O) groups is 1. The van der Waals surface area contributed by atoms with Gasteiger partial charge in [0, 0.05) is 19.4 Å². The van der Waals surface area contributed by atoms with E-state index < -0.39 is 6.10 Å². The van der Waals surface area contributed by atoms with Crippen LogP contribution in [0.25, 0.3) is 5.69 Å². The first-order valence-electron chi connectivity index (χ1n) is 7.76. The lowest BCUT2D eigenvalue weighted by atomic mass is 10.3. The summed E-state index contributed by atoms with van der Waals surface area (Å²) in [5.74, 6) is 0.135.